The van der Waals surface area contributed by atoms with Gasteiger partial charge in [-0.25, -0.2) is 9.48 Å². The molecule has 21 heavy (non-hydrogen) atoms. The van der Waals surface area contributed by atoms with Crippen molar-refractivity contribution in [2.45, 2.75) is 25.7 Å². The second-order valence-electron chi connectivity index (χ2n) is 5.56. The Labute approximate surface area is 121 Å². The third-order valence-electron chi connectivity index (χ3n) is 4.08. The van der Waals surface area contributed by atoms with Gasteiger partial charge in [0.2, 0.25) is 5.82 Å². The predicted molar refractivity (Wildman–Crippen MR) is 76.3 cm³/mol. The van der Waals surface area contributed by atoms with Crippen LogP contribution in [0.5, 0.6) is 0 Å². The van der Waals surface area contributed by atoms with E-state index in [4.69, 9.17) is 5.11 Å². The van der Waals surface area contributed by atoms with Gasteiger partial charge in [0.05, 0.1) is 5.92 Å². The molecule has 8 nitrogen and oxygen atoms in total. The Hall–Kier alpha value is -2.12. The van der Waals surface area contributed by atoms with E-state index in [1.165, 1.54) is 14.1 Å². The van der Waals surface area contributed by atoms with E-state index < -0.39 is 17.2 Å². The van der Waals surface area contributed by atoms with E-state index in [1.54, 1.807) is 0 Å². The lowest BCUT2D eigenvalue weighted by molar-refractivity contribution is -0.143. The first kappa shape index (κ1) is 15.3. The molecule has 1 aliphatic carbocycles. The van der Waals surface area contributed by atoms with E-state index in [1.807, 2.05) is 0 Å². The molecule has 0 saturated heterocycles. The summed E-state index contributed by atoms with van der Waals surface area (Å²) in [5.74, 6) is -0.496. The number of carbonyl (C=O) groups is 1. The summed E-state index contributed by atoms with van der Waals surface area (Å²) in [6.07, 6.45) is 2.97. The number of hydrogen-bond donors (Lipinski definition) is 2. The van der Waals surface area contributed by atoms with Gasteiger partial charge in [-0.1, -0.05) is 0 Å². The maximum Gasteiger partial charge on any atom is 0.346 e. The van der Waals surface area contributed by atoms with Crippen molar-refractivity contribution in [3.8, 4) is 0 Å². The van der Waals surface area contributed by atoms with Crippen molar-refractivity contribution in [2.75, 3.05) is 11.9 Å². The number of carboxylic acids is 1. The fourth-order valence-corrected chi connectivity index (χ4v) is 2.66. The number of rotatable bonds is 4. The van der Waals surface area contributed by atoms with E-state index in [9.17, 15) is 14.4 Å². The van der Waals surface area contributed by atoms with Crippen LogP contribution in [0.4, 0.5) is 5.82 Å². The minimum Gasteiger partial charge on any atom is -0.481 e. The van der Waals surface area contributed by atoms with E-state index in [0.717, 1.165) is 22.1 Å². The molecule has 0 aliphatic heterocycles. The molecular weight excluding hydrogens is 276 g/mol. The second-order valence-corrected chi connectivity index (χ2v) is 5.56. The quantitative estimate of drug-likeness (QED) is 0.795. The Kier molecular flexibility index (Phi) is 4.44. The molecule has 0 spiro atoms. The average Bonchev–Trinajstić information content (AvgIpc) is 2.48. The van der Waals surface area contributed by atoms with Crippen LogP contribution in [0.15, 0.2) is 9.59 Å². The molecule has 1 saturated carbocycles. The van der Waals surface area contributed by atoms with E-state index in [-0.39, 0.29) is 11.7 Å². The first-order valence-corrected chi connectivity index (χ1v) is 7.01. The van der Waals surface area contributed by atoms with Crippen molar-refractivity contribution < 1.29 is 9.90 Å². The molecule has 1 aromatic rings. The minimum atomic E-state index is -0.727. The Morgan fingerprint density at radius 2 is 1.90 bits per heavy atom. The molecule has 2 rings (SSSR count). The first-order chi connectivity index (χ1) is 9.90. The van der Waals surface area contributed by atoms with Crippen LogP contribution in [0.25, 0.3) is 0 Å². The third-order valence-corrected chi connectivity index (χ3v) is 4.08. The molecule has 1 fully saturated rings. The smallest absolute Gasteiger partial charge is 0.346 e. The zero-order valence-corrected chi connectivity index (χ0v) is 12.2. The number of nitrogens with one attached hydrogen (secondary N) is 1. The molecule has 1 heterocycles. The molecule has 0 unspecified atom stereocenters. The van der Waals surface area contributed by atoms with Gasteiger partial charge in [-0.05, 0) is 31.6 Å². The van der Waals surface area contributed by atoms with Gasteiger partial charge < -0.3 is 10.4 Å². The molecule has 0 aromatic carbocycles. The summed E-state index contributed by atoms with van der Waals surface area (Å²) in [7, 11) is 2.90. The lowest BCUT2D eigenvalue weighted by Gasteiger charge is -2.26. The highest BCUT2D eigenvalue weighted by molar-refractivity contribution is 5.69. The number of aryl methyl sites for hydroxylation is 1. The molecule has 0 amide bonds. The van der Waals surface area contributed by atoms with Gasteiger partial charge in [0, 0.05) is 20.6 Å². The normalized spacial score (nSPS) is 22.0. The largest absolute Gasteiger partial charge is 0.481 e. The van der Waals surface area contributed by atoms with Gasteiger partial charge in [-0.3, -0.25) is 14.2 Å². The Bertz CT molecular complexity index is 641. The fraction of sp³-hybridized carbons (Fsp3) is 0.692. The zero-order chi connectivity index (χ0) is 15.6. The minimum absolute atomic E-state index is 0.153. The summed E-state index contributed by atoms with van der Waals surface area (Å²) in [6.45, 7) is 0.562. The molecule has 2 N–H and O–H groups in total. The van der Waals surface area contributed by atoms with Crippen molar-refractivity contribution in [2.24, 2.45) is 25.9 Å². The number of carboxylic acid groups (broad SMARTS) is 1. The summed E-state index contributed by atoms with van der Waals surface area (Å²) in [5.41, 5.74) is -0.912. The van der Waals surface area contributed by atoms with Crippen LogP contribution in [0.1, 0.15) is 25.7 Å². The standard InChI is InChI=1S/C13H20N4O4/c1-16-11(18)10(15-17(2)13(16)21)14-7-8-3-5-9(6-4-8)12(19)20/h8-9H,3-7H2,1-2H3,(H,14,15)(H,19,20). The fourth-order valence-electron chi connectivity index (χ4n) is 2.66. The molecule has 0 bridgehead atoms. The van der Waals surface area contributed by atoms with Gasteiger partial charge in [0.1, 0.15) is 0 Å². The summed E-state index contributed by atoms with van der Waals surface area (Å²) in [6, 6.07) is 0. The van der Waals surface area contributed by atoms with Crippen molar-refractivity contribution >= 4 is 11.8 Å². The molecule has 0 atom stereocenters. The van der Waals surface area contributed by atoms with Crippen molar-refractivity contribution in [1.29, 1.82) is 0 Å². The van der Waals surface area contributed by atoms with Crippen molar-refractivity contribution in [3.63, 3.8) is 0 Å². The van der Waals surface area contributed by atoms with E-state index in [0.29, 0.717) is 25.3 Å². The molecule has 116 valence electrons. The highest BCUT2D eigenvalue weighted by Gasteiger charge is 2.26. The summed E-state index contributed by atoms with van der Waals surface area (Å²) in [4.78, 5) is 34.3. The lowest BCUT2D eigenvalue weighted by atomic mass is 9.82. The van der Waals surface area contributed by atoms with Gasteiger partial charge in [0.15, 0.2) is 0 Å². The number of aromatic nitrogens is 3. The topological polar surface area (TPSA) is 106 Å². The van der Waals surface area contributed by atoms with Gasteiger partial charge in [0.25, 0.3) is 5.56 Å². The lowest BCUT2D eigenvalue weighted by Crippen LogP contribution is -2.40. The van der Waals surface area contributed by atoms with Crippen LogP contribution in [-0.4, -0.2) is 32.0 Å². The number of hydrogen-bond acceptors (Lipinski definition) is 5. The number of aliphatic carboxylic acids is 1. The first-order valence-electron chi connectivity index (χ1n) is 7.01. The highest BCUT2D eigenvalue weighted by Crippen LogP contribution is 2.28. The second kappa shape index (κ2) is 6.11. The average molecular weight is 296 g/mol. The Balaban J connectivity index is 1.98. The van der Waals surface area contributed by atoms with Gasteiger partial charge >= 0.3 is 11.7 Å². The monoisotopic (exact) mass is 296 g/mol. The molecule has 1 aromatic heterocycles. The maximum atomic E-state index is 11.9. The van der Waals surface area contributed by atoms with Crippen LogP contribution in [0, 0.1) is 11.8 Å². The van der Waals surface area contributed by atoms with Crippen LogP contribution in [0.2, 0.25) is 0 Å². The van der Waals surface area contributed by atoms with Crippen molar-refractivity contribution in [1.82, 2.24) is 14.3 Å². The SMILES string of the molecule is Cn1nc(NCC2CCC(C(=O)O)CC2)c(=O)n(C)c1=O. The van der Waals surface area contributed by atoms with Crippen molar-refractivity contribution in [3.05, 3.63) is 20.8 Å². The highest BCUT2D eigenvalue weighted by atomic mass is 16.4. The molecule has 1 aliphatic rings. The van der Waals surface area contributed by atoms with E-state index >= 15 is 0 Å². The van der Waals surface area contributed by atoms with Crippen LogP contribution >= 0.6 is 0 Å². The summed E-state index contributed by atoms with van der Waals surface area (Å²) < 4.78 is 2.13. The van der Waals surface area contributed by atoms with E-state index in [2.05, 4.69) is 10.4 Å². The third kappa shape index (κ3) is 3.32. The zero-order valence-electron chi connectivity index (χ0n) is 12.2. The maximum absolute atomic E-state index is 11.9. The molecule has 0 radical (unpaired) electrons. The molecular formula is C13H20N4O4. The summed E-state index contributed by atoms with van der Waals surface area (Å²) >= 11 is 0. The molecule has 8 heteroatoms. The number of nitrogens with zero attached hydrogens (tertiary/aromatic N) is 3. The van der Waals surface area contributed by atoms with Crippen LogP contribution in [-0.2, 0) is 18.9 Å². The summed E-state index contributed by atoms with van der Waals surface area (Å²) in [5, 5.41) is 15.9. The Morgan fingerprint density at radius 3 is 2.48 bits per heavy atom. The Morgan fingerprint density at radius 1 is 1.29 bits per heavy atom. The predicted octanol–water partition coefficient (Wildman–Crippen LogP) is -0.218. The number of anilines is 1. The van der Waals surface area contributed by atoms with Crippen LogP contribution in [0.3, 0.4) is 0 Å². The van der Waals surface area contributed by atoms with Gasteiger partial charge in [-0.15, -0.1) is 5.10 Å². The van der Waals surface area contributed by atoms with Crippen LogP contribution < -0.4 is 16.6 Å². The van der Waals surface area contributed by atoms with Gasteiger partial charge in [-0.2, -0.15) is 0 Å².